The van der Waals surface area contributed by atoms with Gasteiger partial charge in [0.05, 0.1) is 17.6 Å². The maximum Gasteiger partial charge on any atom is 0.143 e. The number of rotatable bonds is 5. The first-order valence-corrected chi connectivity index (χ1v) is 8.92. The number of benzene rings is 3. The number of halogens is 1. The summed E-state index contributed by atoms with van der Waals surface area (Å²) >= 11 is 5.98. The van der Waals surface area contributed by atoms with Crippen LogP contribution in [0.2, 0.25) is 5.02 Å². The molecule has 4 rings (SSSR count). The molecule has 130 valence electrons. The Morgan fingerprint density at radius 3 is 2.35 bits per heavy atom. The van der Waals surface area contributed by atoms with Crippen molar-refractivity contribution in [1.29, 1.82) is 0 Å². The lowest BCUT2D eigenvalue weighted by Crippen LogP contribution is -2.12. The third-order valence-electron chi connectivity index (χ3n) is 4.49. The second-order valence-corrected chi connectivity index (χ2v) is 6.68. The summed E-state index contributed by atoms with van der Waals surface area (Å²) in [6.07, 6.45) is -0.246. The van der Waals surface area contributed by atoms with E-state index in [1.807, 2.05) is 67.7 Å². The maximum absolute atomic E-state index is 6.32. The van der Waals surface area contributed by atoms with Gasteiger partial charge in [0.15, 0.2) is 0 Å². The van der Waals surface area contributed by atoms with Crippen molar-refractivity contribution in [2.24, 2.45) is 7.05 Å². The zero-order valence-corrected chi connectivity index (χ0v) is 15.2. The van der Waals surface area contributed by atoms with E-state index in [1.165, 1.54) is 0 Å². The monoisotopic (exact) mass is 362 g/mol. The molecular weight excluding hydrogens is 344 g/mol. The van der Waals surface area contributed by atoms with E-state index in [2.05, 4.69) is 22.8 Å². The van der Waals surface area contributed by atoms with E-state index in [0.29, 0.717) is 6.61 Å². The minimum Gasteiger partial charge on any atom is -0.361 e. The molecule has 1 unspecified atom stereocenters. The average molecular weight is 363 g/mol. The van der Waals surface area contributed by atoms with Crippen LogP contribution in [0.5, 0.6) is 0 Å². The lowest BCUT2D eigenvalue weighted by Gasteiger charge is -2.18. The van der Waals surface area contributed by atoms with Crippen LogP contribution in [0.4, 0.5) is 0 Å². The van der Waals surface area contributed by atoms with Gasteiger partial charge in [0.1, 0.15) is 11.9 Å². The van der Waals surface area contributed by atoms with Gasteiger partial charge in [-0.3, -0.25) is 0 Å². The molecule has 1 atom stereocenters. The molecule has 0 bridgehead atoms. The Balaban J connectivity index is 1.70. The number of fused-ring (bicyclic) bond motifs is 1. The third kappa shape index (κ3) is 3.36. The number of imidazole rings is 1. The predicted molar refractivity (Wildman–Crippen MR) is 105 cm³/mol. The fraction of sp³-hybridized carbons (Fsp3) is 0.136. The first-order valence-electron chi connectivity index (χ1n) is 8.55. The van der Waals surface area contributed by atoms with Crippen LogP contribution in [-0.2, 0) is 18.4 Å². The van der Waals surface area contributed by atoms with Gasteiger partial charge >= 0.3 is 0 Å². The van der Waals surface area contributed by atoms with Crippen molar-refractivity contribution < 1.29 is 4.74 Å². The van der Waals surface area contributed by atoms with E-state index in [9.17, 15) is 0 Å². The second kappa shape index (κ2) is 7.32. The molecule has 4 heteroatoms. The molecule has 3 nitrogen and oxygen atoms in total. The number of para-hydroxylation sites is 2. The average Bonchev–Trinajstić information content (AvgIpc) is 3.01. The van der Waals surface area contributed by atoms with Crippen molar-refractivity contribution in [3.8, 4) is 0 Å². The van der Waals surface area contributed by atoms with Crippen LogP contribution in [0.25, 0.3) is 11.0 Å². The molecule has 0 amide bonds. The van der Waals surface area contributed by atoms with Gasteiger partial charge in [-0.15, -0.1) is 0 Å². The van der Waals surface area contributed by atoms with Gasteiger partial charge in [0, 0.05) is 12.1 Å². The van der Waals surface area contributed by atoms with E-state index < -0.39 is 0 Å². The van der Waals surface area contributed by atoms with Crippen molar-refractivity contribution in [1.82, 2.24) is 9.55 Å². The second-order valence-electron chi connectivity index (χ2n) is 6.25. The molecule has 1 aromatic heterocycles. The molecule has 0 spiro atoms. The number of hydrogen-bond acceptors (Lipinski definition) is 2. The largest absolute Gasteiger partial charge is 0.361 e. The Morgan fingerprint density at radius 1 is 0.923 bits per heavy atom. The summed E-state index contributed by atoms with van der Waals surface area (Å²) in [4.78, 5) is 4.83. The van der Waals surface area contributed by atoms with Gasteiger partial charge in [-0.1, -0.05) is 66.2 Å². The Hall–Kier alpha value is -2.62. The minimum absolute atomic E-state index is 0.246. The van der Waals surface area contributed by atoms with Crippen molar-refractivity contribution in [2.75, 3.05) is 0 Å². The zero-order chi connectivity index (χ0) is 17.9. The van der Waals surface area contributed by atoms with Gasteiger partial charge < -0.3 is 9.30 Å². The van der Waals surface area contributed by atoms with Crippen molar-refractivity contribution >= 4 is 22.6 Å². The smallest absolute Gasteiger partial charge is 0.143 e. The maximum atomic E-state index is 6.32. The molecule has 1 heterocycles. The summed E-state index contributed by atoms with van der Waals surface area (Å²) in [7, 11) is 2.03. The summed E-state index contributed by atoms with van der Waals surface area (Å²) in [6, 6.07) is 26.1. The standard InChI is InChI=1S/C22H19ClN2O/c1-25-20-10-6-5-9-19(20)24-22(25)21(17-7-3-2-4-8-17)26-15-16-11-13-18(23)14-12-16/h2-14,21H,15H2,1H3. The quantitative estimate of drug-likeness (QED) is 0.466. The molecule has 0 aliphatic heterocycles. The number of aromatic nitrogens is 2. The third-order valence-corrected chi connectivity index (χ3v) is 4.74. The van der Waals surface area contributed by atoms with Crippen LogP contribution >= 0.6 is 11.6 Å². The van der Waals surface area contributed by atoms with Crippen LogP contribution in [0.15, 0.2) is 78.9 Å². The molecule has 0 saturated carbocycles. The molecule has 0 aliphatic carbocycles. The highest BCUT2D eigenvalue weighted by molar-refractivity contribution is 6.30. The Bertz CT molecular complexity index is 1010. The summed E-state index contributed by atoms with van der Waals surface area (Å²) < 4.78 is 8.43. The van der Waals surface area contributed by atoms with E-state index >= 15 is 0 Å². The van der Waals surface area contributed by atoms with E-state index in [1.54, 1.807) is 0 Å². The molecule has 3 aromatic carbocycles. The first kappa shape index (κ1) is 16.8. The van der Waals surface area contributed by atoms with Gasteiger partial charge in [-0.05, 0) is 35.4 Å². The highest BCUT2D eigenvalue weighted by Crippen LogP contribution is 2.29. The lowest BCUT2D eigenvalue weighted by molar-refractivity contribution is 0.0596. The normalized spacial score (nSPS) is 12.4. The fourth-order valence-electron chi connectivity index (χ4n) is 3.11. The number of nitrogens with zero attached hydrogens (tertiary/aromatic N) is 2. The highest BCUT2D eigenvalue weighted by atomic mass is 35.5. The Kier molecular flexibility index (Phi) is 4.74. The number of aryl methyl sites for hydroxylation is 1. The zero-order valence-electron chi connectivity index (χ0n) is 14.5. The van der Waals surface area contributed by atoms with E-state index in [4.69, 9.17) is 21.3 Å². The molecule has 0 aliphatic rings. The number of ether oxygens (including phenoxy) is 1. The van der Waals surface area contributed by atoms with Gasteiger partial charge in [-0.2, -0.15) is 0 Å². The molecule has 0 saturated heterocycles. The SMILES string of the molecule is Cn1c(C(OCc2ccc(Cl)cc2)c2ccccc2)nc2ccccc21. The van der Waals surface area contributed by atoms with Crippen LogP contribution in [-0.4, -0.2) is 9.55 Å². The van der Waals surface area contributed by atoms with Gasteiger partial charge in [-0.25, -0.2) is 4.98 Å². The van der Waals surface area contributed by atoms with Crippen LogP contribution in [0.1, 0.15) is 23.1 Å². The summed E-state index contributed by atoms with van der Waals surface area (Å²) in [5, 5.41) is 0.726. The molecule has 4 aromatic rings. The van der Waals surface area contributed by atoms with Crippen LogP contribution in [0, 0.1) is 0 Å². The Morgan fingerprint density at radius 2 is 1.62 bits per heavy atom. The van der Waals surface area contributed by atoms with E-state index in [0.717, 1.165) is 33.0 Å². The van der Waals surface area contributed by atoms with Gasteiger partial charge in [0.25, 0.3) is 0 Å². The highest BCUT2D eigenvalue weighted by Gasteiger charge is 2.21. The minimum atomic E-state index is -0.246. The van der Waals surface area contributed by atoms with E-state index in [-0.39, 0.29) is 6.10 Å². The molecule has 26 heavy (non-hydrogen) atoms. The first-order chi connectivity index (χ1) is 12.7. The van der Waals surface area contributed by atoms with Crippen LogP contribution < -0.4 is 0 Å². The predicted octanol–water partition coefficient (Wildman–Crippen LogP) is 5.53. The number of hydrogen-bond donors (Lipinski definition) is 0. The van der Waals surface area contributed by atoms with Gasteiger partial charge in [0.2, 0.25) is 0 Å². The molecule has 0 fully saturated rings. The summed E-state index contributed by atoms with van der Waals surface area (Å²) in [5.41, 5.74) is 4.23. The fourth-order valence-corrected chi connectivity index (χ4v) is 3.23. The molecular formula is C22H19ClN2O. The van der Waals surface area contributed by atoms with Crippen LogP contribution in [0.3, 0.4) is 0 Å². The van der Waals surface area contributed by atoms with Crippen molar-refractivity contribution in [2.45, 2.75) is 12.7 Å². The Labute approximate surface area is 157 Å². The summed E-state index contributed by atoms with van der Waals surface area (Å²) in [6.45, 7) is 0.486. The molecule has 0 radical (unpaired) electrons. The lowest BCUT2D eigenvalue weighted by atomic mass is 10.1. The summed E-state index contributed by atoms with van der Waals surface area (Å²) in [5.74, 6) is 0.895. The molecule has 0 N–H and O–H groups in total. The topological polar surface area (TPSA) is 27.1 Å². The van der Waals surface area contributed by atoms with Crippen molar-refractivity contribution in [3.63, 3.8) is 0 Å². The van der Waals surface area contributed by atoms with Crippen molar-refractivity contribution in [3.05, 3.63) is 101 Å².